The minimum atomic E-state index is 0.223. The van der Waals surface area contributed by atoms with E-state index in [4.69, 9.17) is 0 Å². The zero-order valence-electron chi connectivity index (χ0n) is 18.8. The monoisotopic (exact) mass is 416 g/mol. The summed E-state index contributed by atoms with van der Waals surface area (Å²) in [6.45, 7) is 7.42. The van der Waals surface area contributed by atoms with E-state index < -0.39 is 0 Å². The number of hydrogen-bond acceptors (Lipinski definition) is 3. The number of amides is 1. The molecule has 1 aliphatic rings. The van der Waals surface area contributed by atoms with Crippen molar-refractivity contribution in [1.82, 2.24) is 19.6 Å². The highest BCUT2D eigenvalue weighted by Crippen LogP contribution is 2.29. The van der Waals surface area contributed by atoms with Crippen molar-refractivity contribution in [3.63, 3.8) is 0 Å². The van der Waals surface area contributed by atoms with E-state index in [1.165, 1.54) is 16.7 Å². The van der Waals surface area contributed by atoms with Crippen molar-refractivity contribution in [2.45, 2.75) is 32.7 Å². The summed E-state index contributed by atoms with van der Waals surface area (Å²) in [4.78, 5) is 17.4. The summed E-state index contributed by atoms with van der Waals surface area (Å²) in [6.07, 6.45) is 1.31. The molecule has 5 nitrogen and oxygen atoms in total. The van der Waals surface area contributed by atoms with Gasteiger partial charge in [-0.1, -0.05) is 60.7 Å². The predicted molar refractivity (Wildman–Crippen MR) is 124 cm³/mol. The third-order valence-electron chi connectivity index (χ3n) is 6.51. The number of rotatable bonds is 6. The van der Waals surface area contributed by atoms with Crippen molar-refractivity contribution in [1.29, 1.82) is 0 Å². The smallest absolute Gasteiger partial charge is 0.222 e. The number of aryl methyl sites for hydroxylation is 2. The first-order valence-electron chi connectivity index (χ1n) is 11.2. The summed E-state index contributed by atoms with van der Waals surface area (Å²) in [6, 6.07) is 21.6. The van der Waals surface area contributed by atoms with Gasteiger partial charge in [0, 0.05) is 45.3 Å². The largest absolute Gasteiger partial charge is 0.340 e. The summed E-state index contributed by atoms with van der Waals surface area (Å²) in [5.74, 6) is 0.248. The number of benzene rings is 2. The first-order chi connectivity index (χ1) is 15.0. The SMILES string of the molecule is Cc1nn(C)c(C)c1CCC(=O)N1CCN(C(c2ccccc2)c2ccccc2)CC1. The molecule has 1 fully saturated rings. The second kappa shape index (κ2) is 9.48. The van der Waals surface area contributed by atoms with Gasteiger partial charge in [0.1, 0.15) is 0 Å². The molecule has 0 atom stereocenters. The Morgan fingerprint density at radius 2 is 1.45 bits per heavy atom. The van der Waals surface area contributed by atoms with E-state index in [-0.39, 0.29) is 11.9 Å². The molecule has 1 aliphatic heterocycles. The molecule has 0 saturated carbocycles. The van der Waals surface area contributed by atoms with Gasteiger partial charge in [0.15, 0.2) is 0 Å². The summed E-state index contributed by atoms with van der Waals surface area (Å²) in [5.41, 5.74) is 6.00. The van der Waals surface area contributed by atoms with Crippen molar-refractivity contribution in [3.05, 3.63) is 88.7 Å². The van der Waals surface area contributed by atoms with Gasteiger partial charge in [-0.3, -0.25) is 14.4 Å². The van der Waals surface area contributed by atoms with Crippen LogP contribution in [0.5, 0.6) is 0 Å². The van der Waals surface area contributed by atoms with Gasteiger partial charge in [-0.05, 0) is 37.0 Å². The Bertz CT molecular complexity index is 965. The minimum absolute atomic E-state index is 0.223. The molecule has 2 heterocycles. The van der Waals surface area contributed by atoms with Crippen molar-refractivity contribution < 1.29 is 4.79 Å². The molecule has 0 spiro atoms. The normalized spacial score (nSPS) is 14.9. The Morgan fingerprint density at radius 3 is 1.94 bits per heavy atom. The zero-order valence-corrected chi connectivity index (χ0v) is 18.8. The van der Waals surface area contributed by atoms with Crippen molar-refractivity contribution in [2.75, 3.05) is 26.2 Å². The molecule has 0 N–H and O–H groups in total. The second-order valence-corrected chi connectivity index (χ2v) is 8.41. The summed E-state index contributed by atoms with van der Waals surface area (Å²) < 4.78 is 1.90. The lowest BCUT2D eigenvalue weighted by atomic mass is 9.96. The van der Waals surface area contributed by atoms with Gasteiger partial charge < -0.3 is 4.90 Å². The molecule has 31 heavy (non-hydrogen) atoms. The van der Waals surface area contributed by atoms with E-state index in [9.17, 15) is 4.79 Å². The summed E-state index contributed by atoms with van der Waals surface area (Å²) in [5, 5.41) is 4.47. The van der Waals surface area contributed by atoms with Gasteiger partial charge in [-0.2, -0.15) is 5.10 Å². The maximum absolute atomic E-state index is 12.9. The number of aromatic nitrogens is 2. The van der Waals surface area contributed by atoms with E-state index in [0.29, 0.717) is 6.42 Å². The van der Waals surface area contributed by atoms with Crippen LogP contribution in [0.2, 0.25) is 0 Å². The van der Waals surface area contributed by atoms with Crippen molar-refractivity contribution >= 4 is 5.91 Å². The molecule has 0 unspecified atom stereocenters. The number of nitrogens with zero attached hydrogens (tertiary/aromatic N) is 4. The first-order valence-corrected chi connectivity index (χ1v) is 11.2. The maximum atomic E-state index is 12.9. The van der Waals surface area contributed by atoms with Crippen LogP contribution in [-0.2, 0) is 18.3 Å². The van der Waals surface area contributed by atoms with E-state index in [0.717, 1.165) is 44.0 Å². The molecular weight excluding hydrogens is 384 g/mol. The number of hydrogen-bond donors (Lipinski definition) is 0. The van der Waals surface area contributed by atoms with E-state index >= 15 is 0 Å². The molecule has 0 aliphatic carbocycles. The molecule has 162 valence electrons. The van der Waals surface area contributed by atoms with Gasteiger partial charge in [0.25, 0.3) is 0 Å². The van der Waals surface area contributed by atoms with Crippen molar-refractivity contribution in [3.8, 4) is 0 Å². The molecule has 1 aromatic heterocycles. The molecule has 0 bridgehead atoms. The van der Waals surface area contributed by atoms with Crippen LogP contribution in [-0.4, -0.2) is 51.7 Å². The third kappa shape index (κ3) is 4.72. The summed E-state index contributed by atoms with van der Waals surface area (Å²) in [7, 11) is 1.96. The molecule has 3 aromatic rings. The zero-order chi connectivity index (χ0) is 21.8. The third-order valence-corrected chi connectivity index (χ3v) is 6.51. The van der Waals surface area contributed by atoms with Gasteiger partial charge in [-0.15, -0.1) is 0 Å². The first kappa shape index (κ1) is 21.3. The minimum Gasteiger partial charge on any atom is -0.340 e. The Hall–Kier alpha value is -2.92. The Morgan fingerprint density at radius 1 is 0.903 bits per heavy atom. The lowest BCUT2D eigenvalue weighted by molar-refractivity contribution is -0.133. The van der Waals surface area contributed by atoms with E-state index in [2.05, 4.69) is 77.6 Å². The van der Waals surface area contributed by atoms with Crippen LogP contribution < -0.4 is 0 Å². The van der Waals surface area contributed by atoms with Crippen LogP contribution in [0.15, 0.2) is 60.7 Å². The number of piperazine rings is 1. The fourth-order valence-corrected chi connectivity index (χ4v) is 4.68. The Balaban J connectivity index is 1.40. The molecule has 5 heteroatoms. The number of carbonyl (C=O) groups is 1. The predicted octanol–water partition coefficient (Wildman–Crippen LogP) is 3.90. The second-order valence-electron chi connectivity index (χ2n) is 8.41. The molecule has 0 radical (unpaired) electrons. The lowest BCUT2D eigenvalue weighted by Crippen LogP contribution is -2.49. The molecule has 1 saturated heterocycles. The van der Waals surface area contributed by atoms with Gasteiger partial charge in [0.2, 0.25) is 5.91 Å². The standard InChI is InChI=1S/C26H32N4O/c1-20-24(21(2)28(3)27-20)14-15-25(31)29-16-18-30(19-17-29)26(22-10-6-4-7-11-22)23-12-8-5-9-13-23/h4-13,26H,14-19H2,1-3H3. The van der Waals surface area contributed by atoms with Crippen LogP contribution in [0.4, 0.5) is 0 Å². The van der Waals surface area contributed by atoms with Gasteiger partial charge in [-0.25, -0.2) is 0 Å². The highest BCUT2D eigenvalue weighted by molar-refractivity contribution is 5.76. The van der Waals surface area contributed by atoms with Crippen LogP contribution in [0.3, 0.4) is 0 Å². The Kier molecular flexibility index (Phi) is 6.52. The average Bonchev–Trinajstić information content (AvgIpc) is 3.05. The van der Waals surface area contributed by atoms with Crippen molar-refractivity contribution in [2.24, 2.45) is 7.05 Å². The quantitative estimate of drug-likeness (QED) is 0.612. The topological polar surface area (TPSA) is 41.4 Å². The van der Waals surface area contributed by atoms with E-state index in [1.807, 2.05) is 23.6 Å². The van der Waals surface area contributed by atoms with E-state index in [1.54, 1.807) is 0 Å². The fraction of sp³-hybridized carbons (Fsp3) is 0.385. The number of carbonyl (C=O) groups excluding carboxylic acids is 1. The van der Waals surface area contributed by atoms with Crippen LogP contribution in [0.1, 0.15) is 40.5 Å². The van der Waals surface area contributed by atoms with Gasteiger partial charge in [0.05, 0.1) is 11.7 Å². The average molecular weight is 417 g/mol. The Labute approximate surface area is 185 Å². The highest BCUT2D eigenvalue weighted by atomic mass is 16.2. The maximum Gasteiger partial charge on any atom is 0.222 e. The molecule has 1 amide bonds. The molecule has 4 rings (SSSR count). The highest BCUT2D eigenvalue weighted by Gasteiger charge is 2.28. The summed E-state index contributed by atoms with van der Waals surface area (Å²) >= 11 is 0. The molecular formula is C26H32N4O. The van der Waals surface area contributed by atoms with Crippen LogP contribution in [0, 0.1) is 13.8 Å². The van der Waals surface area contributed by atoms with Crippen LogP contribution in [0.25, 0.3) is 0 Å². The molecule has 2 aromatic carbocycles. The van der Waals surface area contributed by atoms with Gasteiger partial charge >= 0.3 is 0 Å². The van der Waals surface area contributed by atoms with Crippen LogP contribution >= 0.6 is 0 Å². The lowest BCUT2D eigenvalue weighted by Gasteiger charge is -2.40. The fourth-order valence-electron chi connectivity index (χ4n) is 4.68.